The molecule has 8 nitrogen and oxygen atoms in total. The molecule has 3 aliphatic carbocycles. The molecule has 198 valence electrons. The van der Waals surface area contributed by atoms with Crippen LogP contribution in [0, 0.1) is 0 Å². The van der Waals surface area contributed by atoms with Crippen molar-refractivity contribution in [3.05, 3.63) is 0 Å². The lowest BCUT2D eigenvalue weighted by Gasteiger charge is -2.53. The molecular formula is C23H33Cl3FN3O5. The van der Waals surface area contributed by atoms with Crippen molar-refractivity contribution in [3.8, 4) is 0 Å². The molecule has 0 aromatic rings. The van der Waals surface area contributed by atoms with Crippen LogP contribution in [0.2, 0.25) is 0 Å². The molecule has 2 heterocycles. The summed E-state index contributed by atoms with van der Waals surface area (Å²) in [5.74, 6) is -1.05. The topological polar surface area (TPSA) is 106 Å². The average molecular weight is 557 g/mol. The average Bonchev–Trinajstić information content (AvgIpc) is 2.82. The molecule has 0 aromatic carbocycles. The van der Waals surface area contributed by atoms with Gasteiger partial charge < -0.3 is 25.4 Å². The first kappa shape index (κ1) is 27.2. The summed E-state index contributed by atoms with van der Waals surface area (Å²) in [5.41, 5.74) is -1.88. The summed E-state index contributed by atoms with van der Waals surface area (Å²) < 4.78 is 25.1. The van der Waals surface area contributed by atoms with E-state index in [1.165, 1.54) is 0 Å². The number of alkyl halides is 4. The predicted molar refractivity (Wildman–Crippen MR) is 129 cm³/mol. The van der Waals surface area contributed by atoms with Crippen LogP contribution in [-0.2, 0) is 23.9 Å². The van der Waals surface area contributed by atoms with Gasteiger partial charge in [-0.05, 0) is 57.8 Å². The molecule has 2 aliphatic heterocycles. The van der Waals surface area contributed by atoms with Crippen LogP contribution >= 0.6 is 34.8 Å². The highest BCUT2D eigenvalue weighted by molar-refractivity contribution is 6.30. The quantitative estimate of drug-likeness (QED) is 0.399. The van der Waals surface area contributed by atoms with Crippen molar-refractivity contribution < 1.29 is 28.2 Å². The Bertz CT molecular complexity index is 813. The van der Waals surface area contributed by atoms with Crippen LogP contribution in [0.1, 0.15) is 64.2 Å². The minimum atomic E-state index is -1.14. The van der Waals surface area contributed by atoms with Gasteiger partial charge in [-0.2, -0.15) is 0 Å². The molecule has 3 amide bonds. The SMILES string of the molecule is O=C(COC1CCC(Cl)C(F)C1)NC12CCC(NC(=O)COC3CCC(Cl)C(Cl)C3)(CC1)C(=O)N2. The van der Waals surface area contributed by atoms with E-state index >= 15 is 0 Å². The normalized spacial score (nSPS) is 41.2. The number of nitrogens with one attached hydrogen (secondary N) is 3. The Labute approximate surface area is 219 Å². The van der Waals surface area contributed by atoms with Gasteiger partial charge in [0, 0.05) is 6.42 Å². The maximum absolute atomic E-state index is 13.8. The molecule has 5 aliphatic rings. The fraction of sp³-hybridized carbons (Fsp3) is 0.870. The van der Waals surface area contributed by atoms with Crippen molar-refractivity contribution in [2.75, 3.05) is 13.2 Å². The van der Waals surface area contributed by atoms with Crippen molar-refractivity contribution >= 4 is 52.5 Å². The van der Waals surface area contributed by atoms with Gasteiger partial charge in [0.25, 0.3) is 0 Å². The fourth-order valence-electron chi connectivity index (χ4n) is 5.51. The number of fused-ring (bicyclic) bond motifs is 3. The van der Waals surface area contributed by atoms with Gasteiger partial charge in [-0.15, -0.1) is 34.8 Å². The number of rotatable bonds is 8. The molecule has 6 atom stereocenters. The Morgan fingerprint density at radius 1 is 0.857 bits per heavy atom. The molecule has 0 spiro atoms. The highest BCUT2D eigenvalue weighted by atomic mass is 35.5. The standard InChI is InChI=1S/C23H33Cl3FN3O5/c24-15-3-1-13(9-17(15)26)34-11-19(31)28-22-5-7-23(8-6-22,30-21(22)33)29-20(32)12-35-14-2-4-16(25)18(27)10-14/h13-18H,1-12H2,(H,28,31)(H,29,32)(H,30,33). The smallest absolute Gasteiger partial charge is 0.247 e. The molecule has 0 aromatic heterocycles. The highest BCUT2D eigenvalue weighted by Crippen LogP contribution is 2.39. The lowest BCUT2D eigenvalue weighted by atomic mass is 9.71. The minimum Gasteiger partial charge on any atom is -0.368 e. The number of ether oxygens (including phenoxy) is 2. The van der Waals surface area contributed by atoms with Gasteiger partial charge in [0.15, 0.2) is 0 Å². The summed E-state index contributed by atoms with van der Waals surface area (Å²) in [4.78, 5) is 38.0. The lowest BCUT2D eigenvalue weighted by molar-refractivity contribution is -0.149. The number of carbonyl (C=O) groups is 3. The molecule has 12 heteroatoms. The third-order valence-corrected chi connectivity index (χ3v) is 9.32. The zero-order chi connectivity index (χ0) is 25.2. The van der Waals surface area contributed by atoms with Gasteiger partial charge in [-0.25, -0.2) is 4.39 Å². The second kappa shape index (κ2) is 11.3. The molecule has 2 bridgehead atoms. The van der Waals surface area contributed by atoms with Gasteiger partial charge in [0.2, 0.25) is 17.7 Å². The summed E-state index contributed by atoms with van der Waals surface area (Å²) >= 11 is 18.2. The first-order valence-corrected chi connectivity index (χ1v) is 13.6. The van der Waals surface area contributed by atoms with E-state index in [1.54, 1.807) is 0 Å². The Balaban J connectivity index is 1.21. The molecule has 6 unspecified atom stereocenters. The van der Waals surface area contributed by atoms with Crippen molar-refractivity contribution in [3.63, 3.8) is 0 Å². The first-order chi connectivity index (χ1) is 16.6. The van der Waals surface area contributed by atoms with E-state index in [0.29, 0.717) is 44.9 Å². The summed E-state index contributed by atoms with van der Waals surface area (Å²) in [6.07, 6.45) is 3.49. The summed E-state index contributed by atoms with van der Waals surface area (Å²) in [5, 5.41) is 7.85. The van der Waals surface area contributed by atoms with E-state index in [9.17, 15) is 18.8 Å². The predicted octanol–water partition coefficient (Wildman–Crippen LogP) is 2.66. The summed E-state index contributed by atoms with van der Waals surface area (Å²) in [6, 6.07) is 0. The zero-order valence-electron chi connectivity index (χ0n) is 19.5. The number of hydrogen-bond acceptors (Lipinski definition) is 5. The maximum Gasteiger partial charge on any atom is 0.247 e. The van der Waals surface area contributed by atoms with E-state index in [2.05, 4.69) is 16.0 Å². The Kier molecular flexibility index (Phi) is 8.74. The molecule has 2 saturated heterocycles. The molecule has 5 rings (SSSR count). The molecule has 35 heavy (non-hydrogen) atoms. The molecule has 0 radical (unpaired) electrons. The lowest BCUT2D eigenvalue weighted by Crippen LogP contribution is -2.77. The third-order valence-electron chi connectivity index (χ3n) is 7.69. The molecule has 3 N–H and O–H groups in total. The van der Waals surface area contributed by atoms with Crippen molar-refractivity contribution in [2.45, 2.75) is 110 Å². The maximum atomic E-state index is 13.8. The number of hydrogen-bond donors (Lipinski definition) is 3. The number of piperidine rings is 2. The van der Waals surface area contributed by atoms with E-state index < -0.39 is 22.8 Å². The monoisotopic (exact) mass is 555 g/mol. The summed E-state index contributed by atoms with van der Waals surface area (Å²) in [7, 11) is 0. The number of carbonyl (C=O) groups excluding carboxylic acids is 3. The van der Waals surface area contributed by atoms with Crippen LogP contribution in [0.4, 0.5) is 4.39 Å². The van der Waals surface area contributed by atoms with Crippen LogP contribution < -0.4 is 16.0 Å². The molecular weight excluding hydrogens is 524 g/mol. The van der Waals surface area contributed by atoms with Gasteiger partial charge in [0.05, 0.1) is 28.3 Å². The number of amides is 3. The largest absolute Gasteiger partial charge is 0.368 e. The van der Waals surface area contributed by atoms with Gasteiger partial charge in [0.1, 0.15) is 30.6 Å². The van der Waals surface area contributed by atoms with E-state index in [-0.39, 0.29) is 60.3 Å². The van der Waals surface area contributed by atoms with Crippen LogP contribution in [0.25, 0.3) is 0 Å². The Morgan fingerprint density at radius 3 is 2.00 bits per heavy atom. The highest BCUT2D eigenvalue weighted by Gasteiger charge is 2.55. The molecule has 3 saturated carbocycles. The van der Waals surface area contributed by atoms with Gasteiger partial charge in [-0.3, -0.25) is 14.4 Å². The van der Waals surface area contributed by atoms with Crippen LogP contribution in [0.15, 0.2) is 0 Å². The second-order valence-electron chi connectivity index (χ2n) is 10.3. The van der Waals surface area contributed by atoms with Crippen molar-refractivity contribution in [1.82, 2.24) is 16.0 Å². The Hall–Kier alpha value is -0.870. The fourth-order valence-corrected chi connectivity index (χ4v) is 6.29. The van der Waals surface area contributed by atoms with E-state index in [4.69, 9.17) is 44.3 Å². The molecule has 5 fully saturated rings. The van der Waals surface area contributed by atoms with Crippen molar-refractivity contribution in [2.24, 2.45) is 0 Å². The minimum absolute atomic E-state index is 0.0851. The first-order valence-electron chi connectivity index (χ1n) is 12.3. The van der Waals surface area contributed by atoms with Gasteiger partial charge >= 0.3 is 0 Å². The Morgan fingerprint density at radius 2 is 1.43 bits per heavy atom. The van der Waals surface area contributed by atoms with E-state index in [1.807, 2.05) is 0 Å². The second-order valence-corrected chi connectivity index (χ2v) is 12.0. The van der Waals surface area contributed by atoms with Crippen molar-refractivity contribution in [1.29, 1.82) is 0 Å². The van der Waals surface area contributed by atoms with Crippen LogP contribution in [0.5, 0.6) is 0 Å². The number of halogens is 4. The summed E-state index contributed by atoms with van der Waals surface area (Å²) in [6.45, 7) is -0.364. The third kappa shape index (κ3) is 6.53. The van der Waals surface area contributed by atoms with Crippen LogP contribution in [0.3, 0.4) is 0 Å². The van der Waals surface area contributed by atoms with E-state index in [0.717, 1.165) is 12.8 Å². The van der Waals surface area contributed by atoms with Gasteiger partial charge in [-0.1, -0.05) is 0 Å². The zero-order valence-corrected chi connectivity index (χ0v) is 21.8. The van der Waals surface area contributed by atoms with Crippen LogP contribution in [-0.4, -0.2) is 76.6 Å².